The van der Waals surface area contributed by atoms with Gasteiger partial charge in [-0.15, -0.1) is 0 Å². The standard InChI is InChI=1S/C20H17ClN4O/c1-13-2-4-14(5-3-13)20(26)24-9-8-23-19-15(11-22)12-25-18-7-6-16(21)10-17(18)19/h2-7,10,12H,8-9H2,1H3,(H,23,25)(H,24,26). The minimum absolute atomic E-state index is 0.130. The lowest BCUT2D eigenvalue weighted by Crippen LogP contribution is -2.28. The third kappa shape index (κ3) is 3.93. The summed E-state index contributed by atoms with van der Waals surface area (Å²) in [5.74, 6) is -0.130. The molecular formula is C20H17ClN4O. The summed E-state index contributed by atoms with van der Waals surface area (Å²) in [5, 5.41) is 16.8. The zero-order valence-electron chi connectivity index (χ0n) is 14.2. The molecule has 0 aliphatic rings. The van der Waals surface area contributed by atoms with Crippen molar-refractivity contribution >= 4 is 34.1 Å². The van der Waals surface area contributed by atoms with Crippen LogP contribution in [-0.4, -0.2) is 24.0 Å². The van der Waals surface area contributed by atoms with E-state index in [-0.39, 0.29) is 5.91 Å². The fourth-order valence-electron chi connectivity index (χ4n) is 2.61. The molecule has 0 fully saturated rings. The van der Waals surface area contributed by atoms with Gasteiger partial charge in [0.2, 0.25) is 0 Å². The van der Waals surface area contributed by atoms with Crippen molar-refractivity contribution < 1.29 is 4.79 Å². The molecule has 1 aromatic heterocycles. The fraction of sp³-hybridized carbons (Fsp3) is 0.150. The Morgan fingerprint density at radius 3 is 2.69 bits per heavy atom. The van der Waals surface area contributed by atoms with E-state index in [9.17, 15) is 10.1 Å². The van der Waals surface area contributed by atoms with Gasteiger partial charge in [0, 0.05) is 35.3 Å². The lowest BCUT2D eigenvalue weighted by atomic mass is 10.1. The van der Waals surface area contributed by atoms with Gasteiger partial charge >= 0.3 is 0 Å². The zero-order valence-corrected chi connectivity index (χ0v) is 15.0. The molecule has 0 spiro atoms. The van der Waals surface area contributed by atoms with Gasteiger partial charge in [-0.1, -0.05) is 29.3 Å². The predicted octanol–water partition coefficient (Wildman–Crippen LogP) is 3.91. The van der Waals surface area contributed by atoms with Gasteiger partial charge < -0.3 is 10.6 Å². The molecule has 2 N–H and O–H groups in total. The van der Waals surface area contributed by atoms with Crippen LogP contribution in [0.3, 0.4) is 0 Å². The molecule has 5 nitrogen and oxygen atoms in total. The highest BCUT2D eigenvalue weighted by molar-refractivity contribution is 6.31. The van der Waals surface area contributed by atoms with Crippen LogP contribution >= 0.6 is 11.6 Å². The van der Waals surface area contributed by atoms with Crippen molar-refractivity contribution in [1.29, 1.82) is 5.26 Å². The van der Waals surface area contributed by atoms with Crippen molar-refractivity contribution in [3.63, 3.8) is 0 Å². The molecule has 130 valence electrons. The fourth-order valence-corrected chi connectivity index (χ4v) is 2.78. The Kier molecular flexibility index (Phi) is 5.35. The molecule has 0 unspecified atom stereocenters. The summed E-state index contributed by atoms with van der Waals surface area (Å²) in [6, 6.07) is 14.9. The first-order valence-corrected chi connectivity index (χ1v) is 8.53. The van der Waals surface area contributed by atoms with Gasteiger partial charge in [-0.05, 0) is 37.3 Å². The second-order valence-corrected chi connectivity index (χ2v) is 6.31. The van der Waals surface area contributed by atoms with Crippen molar-refractivity contribution in [3.05, 3.63) is 70.4 Å². The van der Waals surface area contributed by atoms with Gasteiger partial charge in [-0.2, -0.15) is 5.26 Å². The van der Waals surface area contributed by atoms with Gasteiger partial charge in [-0.3, -0.25) is 9.78 Å². The van der Waals surface area contributed by atoms with Crippen molar-refractivity contribution in [2.24, 2.45) is 0 Å². The van der Waals surface area contributed by atoms with Gasteiger partial charge in [0.1, 0.15) is 6.07 Å². The Balaban J connectivity index is 1.68. The number of nitrogens with one attached hydrogen (secondary N) is 2. The maximum absolute atomic E-state index is 12.1. The molecule has 6 heteroatoms. The molecule has 0 saturated carbocycles. The number of rotatable bonds is 5. The van der Waals surface area contributed by atoms with Crippen molar-refractivity contribution in [3.8, 4) is 6.07 Å². The van der Waals surface area contributed by atoms with E-state index in [4.69, 9.17) is 11.6 Å². The molecule has 0 aliphatic carbocycles. The first kappa shape index (κ1) is 17.7. The van der Waals surface area contributed by atoms with E-state index in [2.05, 4.69) is 21.7 Å². The molecule has 2 aromatic carbocycles. The van der Waals surface area contributed by atoms with Crippen molar-refractivity contribution in [2.45, 2.75) is 6.92 Å². The number of aryl methyl sites for hydroxylation is 1. The third-order valence-electron chi connectivity index (χ3n) is 3.98. The Morgan fingerprint density at radius 2 is 1.96 bits per heavy atom. The number of halogens is 1. The molecule has 26 heavy (non-hydrogen) atoms. The highest BCUT2D eigenvalue weighted by atomic mass is 35.5. The summed E-state index contributed by atoms with van der Waals surface area (Å²) in [6.07, 6.45) is 1.53. The number of benzene rings is 2. The second kappa shape index (κ2) is 7.85. The lowest BCUT2D eigenvalue weighted by molar-refractivity contribution is 0.0955. The van der Waals surface area contributed by atoms with E-state index in [0.29, 0.717) is 34.9 Å². The first-order valence-electron chi connectivity index (χ1n) is 8.15. The van der Waals surface area contributed by atoms with Crippen LogP contribution in [0.5, 0.6) is 0 Å². The number of carbonyl (C=O) groups is 1. The molecule has 0 aliphatic heterocycles. The highest BCUT2D eigenvalue weighted by Crippen LogP contribution is 2.27. The molecule has 3 aromatic rings. The number of nitriles is 1. The quantitative estimate of drug-likeness (QED) is 0.673. The van der Waals surface area contributed by atoms with Gasteiger partial charge in [0.05, 0.1) is 16.8 Å². The summed E-state index contributed by atoms with van der Waals surface area (Å²) < 4.78 is 0. The number of fused-ring (bicyclic) bond motifs is 1. The van der Waals surface area contributed by atoms with Crippen LogP contribution < -0.4 is 10.6 Å². The average molecular weight is 365 g/mol. The predicted molar refractivity (Wildman–Crippen MR) is 103 cm³/mol. The van der Waals surface area contributed by atoms with E-state index in [1.165, 1.54) is 6.20 Å². The summed E-state index contributed by atoms with van der Waals surface area (Å²) in [7, 11) is 0. The van der Waals surface area contributed by atoms with E-state index < -0.39 is 0 Å². The maximum atomic E-state index is 12.1. The number of carbonyl (C=O) groups excluding carboxylic acids is 1. The largest absolute Gasteiger partial charge is 0.382 e. The third-order valence-corrected chi connectivity index (χ3v) is 4.21. The Bertz CT molecular complexity index is 993. The molecule has 1 heterocycles. The van der Waals surface area contributed by atoms with E-state index >= 15 is 0 Å². The highest BCUT2D eigenvalue weighted by Gasteiger charge is 2.10. The summed E-state index contributed by atoms with van der Waals surface area (Å²) in [4.78, 5) is 16.4. The van der Waals surface area contributed by atoms with E-state index in [1.807, 2.05) is 25.1 Å². The summed E-state index contributed by atoms with van der Waals surface area (Å²) in [6.45, 7) is 2.86. The molecule has 0 atom stereocenters. The van der Waals surface area contributed by atoms with Crippen LogP contribution in [0.15, 0.2) is 48.7 Å². The van der Waals surface area contributed by atoms with Crippen LogP contribution in [0.4, 0.5) is 5.69 Å². The SMILES string of the molecule is Cc1ccc(C(=O)NCCNc2c(C#N)cnc3ccc(Cl)cc23)cc1. The zero-order chi connectivity index (χ0) is 18.5. The number of nitrogens with zero attached hydrogens (tertiary/aromatic N) is 2. The summed E-state index contributed by atoms with van der Waals surface area (Å²) >= 11 is 6.07. The molecule has 0 bridgehead atoms. The van der Waals surface area contributed by atoms with E-state index in [0.717, 1.165) is 16.5 Å². The van der Waals surface area contributed by atoms with Crippen LogP contribution in [0, 0.1) is 18.3 Å². The van der Waals surface area contributed by atoms with Gasteiger partial charge in [0.15, 0.2) is 0 Å². The molecule has 0 radical (unpaired) electrons. The number of pyridine rings is 1. The van der Waals surface area contributed by atoms with Crippen molar-refractivity contribution in [2.75, 3.05) is 18.4 Å². The van der Waals surface area contributed by atoms with Crippen LogP contribution in [0.2, 0.25) is 5.02 Å². The van der Waals surface area contributed by atoms with Crippen molar-refractivity contribution in [1.82, 2.24) is 10.3 Å². The lowest BCUT2D eigenvalue weighted by Gasteiger charge is -2.12. The molecule has 1 amide bonds. The van der Waals surface area contributed by atoms with Crippen LogP contribution in [0.1, 0.15) is 21.5 Å². The number of hydrogen-bond donors (Lipinski definition) is 2. The number of aromatic nitrogens is 1. The monoisotopic (exact) mass is 364 g/mol. The molecule has 0 saturated heterocycles. The number of anilines is 1. The topological polar surface area (TPSA) is 77.8 Å². The Morgan fingerprint density at radius 1 is 1.19 bits per heavy atom. The average Bonchev–Trinajstić information content (AvgIpc) is 2.65. The second-order valence-electron chi connectivity index (χ2n) is 5.87. The molecule has 3 rings (SSSR count). The summed E-state index contributed by atoms with van der Waals surface area (Å²) in [5.41, 5.74) is 3.58. The van der Waals surface area contributed by atoms with Crippen LogP contribution in [-0.2, 0) is 0 Å². The Hall–Kier alpha value is -3.10. The number of amides is 1. The van der Waals surface area contributed by atoms with E-state index in [1.54, 1.807) is 24.3 Å². The Labute approximate surface area is 156 Å². The first-order chi connectivity index (χ1) is 12.6. The van der Waals surface area contributed by atoms with Gasteiger partial charge in [0.25, 0.3) is 5.91 Å². The molecular weight excluding hydrogens is 348 g/mol. The normalized spacial score (nSPS) is 10.3. The van der Waals surface area contributed by atoms with Crippen LogP contribution in [0.25, 0.3) is 10.9 Å². The minimum Gasteiger partial charge on any atom is -0.382 e. The smallest absolute Gasteiger partial charge is 0.251 e. The minimum atomic E-state index is -0.130. The van der Waals surface area contributed by atoms with Gasteiger partial charge in [-0.25, -0.2) is 0 Å². The number of hydrogen-bond acceptors (Lipinski definition) is 4. The maximum Gasteiger partial charge on any atom is 0.251 e.